The molecule has 0 aliphatic carbocycles. The zero-order chi connectivity index (χ0) is 13.2. The minimum absolute atomic E-state index is 0.210. The molecule has 0 radical (unpaired) electrons. The first-order valence-electron chi connectivity index (χ1n) is 7.11. The summed E-state index contributed by atoms with van der Waals surface area (Å²) in [7, 11) is 0. The van der Waals surface area contributed by atoms with Crippen molar-refractivity contribution in [2.45, 2.75) is 39.0 Å². The Hall–Kier alpha value is -0.860. The average molecular weight is 246 g/mol. The third-order valence-corrected chi connectivity index (χ3v) is 4.62. The zero-order valence-corrected chi connectivity index (χ0v) is 12.0. The number of rotatable bonds is 3. The Balaban J connectivity index is 2.30. The molecule has 0 spiro atoms. The lowest BCUT2D eigenvalue weighted by molar-refractivity contribution is 0.168. The van der Waals surface area contributed by atoms with E-state index in [4.69, 9.17) is 5.73 Å². The summed E-state index contributed by atoms with van der Waals surface area (Å²) in [6.07, 6.45) is 2.39. The molecule has 0 amide bonds. The number of likely N-dealkylation sites (tertiary alicyclic amines) is 1. The first-order chi connectivity index (χ1) is 8.61. The molecular formula is C16H26N2. The van der Waals surface area contributed by atoms with Gasteiger partial charge in [-0.25, -0.2) is 0 Å². The van der Waals surface area contributed by atoms with Gasteiger partial charge in [-0.05, 0) is 57.5 Å². The molecule has 1 saturated heterocycles. The lowest BCUT2D eigenvalue weighted by Crippen LogP contribution is -2.47. The third kappa shape index (κ3) is 2.45. The molecule has 2 heteroatoms. The molecule has 2 N–H and O–H groups in total. The van der Waals surface area contributed by atoms with Crippen LogP contribution in [0.1, 0.15) is 36.5 Å². The SMILES string of the molecule is CCN1CCC(CN)(c2cc(C)ccc2C)CC1. The van der Waals surface area contributed by atoms with Crippen molar-refractivity contribution < 1.29 is 0 Å². The minimum atomic E-state index is 0.210. The van der Waals surface area contributed by atoms with Gasteiger partial charge in [-0.3, -0.25) is 0 Å². The van der Waals surface area contributed by atoms with Crippen molar-refractivity contribution in [1.82, 2.24) is 4.90 Å². The number of benzene rings is 1. The number of nitrogens with zero attached hydrogens (tertiary/aromatic N) is 1. The van der Waals surface area contributed by atoms with Gasteiger partial charge in [0, 0.05) is 12.0 Å². The Morgan fingerprint density at radius 1 is 1.22 bits per heavy atom. The van der Waals surface area contributed by atoms with Gasteiger partial charge in [0.2, 0.25) is 0 Å². The van der Waals surface area contributed by atoms with Gasteiger partial charge in [0.25, 0.3) is 0 Å². The molecule has 0 aromatic heterocycles. The molecule has 2 nitrogen and oxygen atoms in total. The van der Waals surface area contributed by atoms with Crippen molar-refractivity contribution in [3.8, 4) is 0 Å². The summed E-state index contributed by atoms with van der Waals surface area (Å²) in [4.78, 5) is 2.53. The second-order valence-electron chi connectivity index (χ2n) is 5.74. The quantitative estimate of drug-likeness (QED) is 0.888. The van der Waals surface area contributed by atoms with Crippen LogP contribution < -0.4 is 5.73 Å². The van der Waals surface area contributed by atoms with E-state index in [1.807, 2.05) is 0 Å². The zero-order valence-electron chi connectivity index (χ0n) is 12.0. The van der Waals surface area contributed by atoms with Crippen molar-refractivity contribution in [2.75, 3.05) is 26.2 Å². The predicted octanol–water partition coefficient (Wildman–Crippen LogP) is 2.62. The van der Waals surface area contributed by atoms with E-state index >= 15 is 0 Å². The number of hydrogen-bond donors (Lipinski definition) is 1. The van der Waals surface area contributed by atoms with Gasteiger partial charge in [-0.1, -0.05) is 30.7 Å². The van der Waals surface area contributed by atoms with Gasteiger partial charge in [-0.15, -0.1) is 0 Å². The highest BCUT2D eigenvalue weighted by Crippen LogP contribution is 2.36. The molecule has 0 unspecified atom stereocenters. The predicted molar refractivity (Wildman–Crippen MR) is 78.0 cm³/mol. The summed E-state index contributed by atoms with van der Waals surface area (Å²) in [6.45, 7) is 10.9. The largest absolute Gasteiger partial charge is 0.330 e. The summed E-state index contributed by atoms with van der Waals surface area (Å²) in [6, 6.07) is 6.79. The highest BCUT2D eigenvalue weighted by Gasteiger charge is 2.35. The van der Waals surface area contributed by atoms with E-state index in [0.717, 1.165) is 13.1 Å². The standard InChI is InChI=1S/C16H26N2/c1-4-18-9-7-16(12-17,8-10-18)15-11-13(2)5-6-14(15)3/h5-6,11H,4,7-10,12,17H2,1-3H3. The fraction of sp³-hybridized carbons (Fsp3) is 0.625. The summed E-state index contributed by atoms with van der Waals surface area (Å²) in [5.74, 6) is 0. The van der Waals surface area contributed by atoms with E-state index in [-0.39, 0.29) is 5.41 Å². The fourth-order valence-corrected chi connectivity index (χ4v) is 3.19. The minimum Gasteiger partial charge on any atom is -0.330 e. The second-order valence-corrected chi connectivity index (χ2v) is 5.74. The first kappa shape index (κ1) is 13.6. The van der Waals surface area contributed by atoms with Gasteiger partial charge in [0.15, 0.2) is 0 Å². The Labute approximate surface area is 111 Å². The number of piperidine rings is 1. The maximum absolute atomic E-state index is 6.16. The van der Waals surface area contributed by atoms with E-state index in [9.17, 15) is 0 Å². The van der Waals surface area contributed by atoms with Gasteiger partial charge in [0.05, 0.1) is 0 Å². The molecule has 1 fully saturated rings. The molecule has 2 rings (SSSR count). The molecule has 1 aliphatic heterocycles. The number of aryl methyl sites for hydroxylation is 2. The highest BCUT2D eigenvalue weighted by atomic mass is 15.1. The van der Waals surface area contributed by atoms with Crippen LogP contribution in [-0.4, -0.2) is 31.1 Å². The summed E-state index contributed by atoms with van der Waals surface area (Å²) in [5, 5.41) is 0. The molecule has 0 atom stereocenters. The van der Waals surface area contributed by atoms with Crippen LogP contribution in [0.5, 0.6) is 0 Å². The van der Waals surface area contributed by atoms with Gasteiger partial charge in [-0.2, -0.15) is 0 Å². The van der Waals surface area contributed by atoms with Crippen LogP contribution in [0.2, 0.25) is 0 Å². The molecule has 1 aromatic carbocycles. The van der Waals surface area contributed by atoms with Crippen molar-refractivity contribution in [2.24, 2.45) is 5.73 Å². The van der Waals surface area contributed by atoms with Gasteiger partial charge < -0.3 is 10.6 Å². The van der Waals surface area contributed by atoms with Crippen molar-refractivity contribution in [3.63, 3.8) is 0 Å². The van der Waals surface area contributed by atoms with E-state index in [1.54, 1.807) is 0 Å². The van der Waals surface area contributed by atoms with Crippen LogP contribution in [0.4, 0.5) is 0 Å². The highest BCUT2D eigenvalue weighted by molar-refractivity contribution is 5.37. The molecule has 18 heavy (non-hydrogen) atoms. The molecule has 100 valence electrons. The van der Waals surface area contributed by atoms with E-state index in [1.165, 1.54) is 42.6 Å². The van der Waals surface area contributed by atoms with Crippen LogP contribution in [0, 0.1) is 13.8 Å². The van der Waals surface area contributed by atoms with E-state index in [2.05, 4.69) is 43.9 Å². The molecule has 0 saturated carbocycles. The first-order valence-corrected chi connectivity index (χ1v) is 7.11. The summed E-state index contributed by atoms with van der Waals surface area (Å²) >= 11 is 0. The van der Waals surface area contributed by atoms with Crippen LogP contribution in [0.25, 0.3) is 0 Å². The molecule has 1 aliphatic rings. The van der Waals surface area contributed by atoms with Gasteiger partial charge >= 0.3 is 0 Å². The smallest absolute Gasteiger partial charge is 0.0102 e. The Kier molecular flexibility index (Phi) is 4.08. The lowest BCUT2D eigenvalue weighted by Gasteiger charge is -2.42. The lowest BCUT2D eigenvalue weighted by atomic mass is 9.71. The maximum Gasteiger partial charge on any atom is 0.0102 e. The Bertz CT molecular complexity index is 404. The van der Waals surface area contributed by atoms with Crippen LogP contribution >= 0.6 is 0 Å². The Morgan fingerprint density at radius 3 is 2.44 bits per heavy atom. The number of hydrogen-bond acceptors (Lipinski definition) is 2. The molecular weight excluding hydrogens is 220 g/mol. The third-order valence-electron chi connectivity index (χ3n) is 4.62. The number of nitrogens with two attached hydrogens (primary N) is 1. The second kappa shape index (κ2) is 5.41. The van der Waals surface area contributed by atoms with Crippen molar-refractivity contribution in [3.05, 3.63) is 34.9 Å². The normalized spacial score (nSPS) is 20.0. The van der Waals surface area contributed by atoms with Crippen molar-refractivity contribution >= 4 is 0 Å². The summed E-state index contributed by atoms with van der Waals surface area (Å²) < 4.78 is 0. The average Bonchev–Trinajstić information content (AvgIpc) is 2.41. The Morgan fingerprint density at radius 2 is 1.89 bits per heavy atom. The van der Waals surface area contributed by atoms with Gasteiger partial charge in [0.1, 0.15) is 0 Å². The molecule has 1 aromatic rings. The summed E-state index contributed by atoms with van der Waals surface area (Å²) in [5.41, 5.74) is 10.6. The van der Waals surface area contributed by atoms with E-state index < -0.39 is 0 Å². The molecule has 0 bridgehead atoms. The van der Waals surface area contributed by atoms with E-state index in [0.29, 0.717) is 0 Å². The molecule has 1 heterocycles. The van der Waals surface area contributed by atoms with Crippen LogP contribution in [0.15, 0.2) is 18.2 Å². The topological polar surface area (TPSA) is 29.3 Å². The maximum atomic E-state index is 6.16. The van der Waals surface area contributed by atoms with Crippen molar-refractivity contribution in [1.29, 1.82) is 0 Å². The van der Waals surface area contributed by atoms with Crippen LogP contribution in [0.3, 0.4) is 0 Å². The van der Waals surface area contributed by atoms with Crippen LogP contribution in [-0.2, 0) is 5.41 Å². The monoisotopic (exact) mass is 246 g/mol. The fourth-order valence-electron chi connectivity index (χ4n) is 3.19.